The van der Waals surface area contributed by atoms with Gasteiger partial charge in [0.2, 0.25) is 0 Å². The second-order valence-electron chi connectivity index (χ2n) is 5.03. The van der Waals surface area contributed by atoms with E-state index in [1.807, 2.05) is 42.5 Å². The van der Waals surface area contributed by atoms with Crippen LogP contribution >= 0.6 is 0 Å². The molecule has 110 valence electrons. The van der Waals surface area contributed by atoms with Crippen LogP contribution in [0.5, 0.6) is 5.75 Å². The normalized spacial score (nSPS) is 11.2. The van der Waals surface area contributed by atoms with Crippen LogP contribution in [-0.4, -0.2) is 12.1 Å². The van der Waals surface area contributed by atoms with Crippen molar-refractivity contribution in [3.8, 4) is 5.75 Å². The molecule has 0 fully saturated rings. The summed E-state index contributed by atoms with van der Waals surface area (Å²) >= 11 is 0. The van der Waals surface area contributed by atoms with Gasteiger partial charge in [-0.25, -0.2) is 9.37 Å². The van der Waals surface area contributed by atoms with Gasteiger partial charge in [-0.2, -0.15) is 0 Å². The fourth-order valence-electron chi connectivity index (χ4n) is 2.28. The Balaban J connectivity index is 1.73. The van der Waals surface area contributed by atoms with Crippen molar-refractivity contribution >= 4 is 17.0 Å². The van der Waals surface area contributed by atoms with E-state index in [2.05, 4.69) is 11.1 Å². The molecular formula is C19H16FNO. The molecule has 22 heavy (non-hydrogen) atoms. The molecule has 0 radical (unpaired) electrons. The van der Waals surface area contributed by atoms with Crippen molar-refractivity contribution in [2.45, 2.75) is 6.42 Å². The first kappa shape index (κ1) is 14.3. The summed E-state index contributed by atoms with van der Waals surface area (Å²) in [6, 6.07) is 16.4. The van der Waals surface area contributed by atoms with Crippen molar-refractivity contribution in [2.24, 2.45) is 0 Å². The fraction of sp³-hybridized carbons (Fsp3) is 0.105. The van der Waals surface area contributed by atoms with Gasteiger partial charge in [-0.05, 0) is 54.5 Å². The number of aromatic nitrogens is 1. The molecule has 0 atom stereocenters. The summed E-state index contributed by atoms with van der Waals surface area (Å²) in [7, 11) is 1.66. The number of fused-ring (bicyclic) bond motifs is 1. The predicted octanol–water partition coefficient (Wildman–Crippen LogP) is 4.64. The summed E-state index contributed by atoms with van der Waals surface area (Å²) < 4.78 is 18.3. The Labute approximate surface area is 128 Å². The first-order valence-corrected chi connectivity index (χ1v) is 7.10. The molecule has 0 aliphatic carbocycles. The molecule has 0 spiro atoms. The average Bonchev–Trinajstić information content (AvgIpc) is 2.55. The van der Waals surface area contributed by atoms with Crippen LogP contribution in [0.15, 0.2) is 60.7 Å². The van der Waals surface area contributed by atoms with Gasteiger partial charge in [-0.1, -0.05) is 24.3 Å². The quantitative estimate of drug-likeness (QED) is 0.699. The number of pyridine rings is 1. The Morgan fingerprint density at radius 1 is 1.05 bits per heavy atom. The van der Waals surface area contributed by atoms with Crippen molar-refractivity contribution in [1.29, 1.82) is 0 Å². The lowest BCUT2D eigenvalue weighted by Gasteiger charge is -2.01. The van der Waals surface area contributed by atoms with E-state index in [0.717, 1.165) is 28.8 Å². The molecule has 0 saturated carbocycles. The highest BCUT2D eigenvalue weighted by atomic mass is 19.1. The molecule has 0 saturated heterocycles. The number of allylic oxidation sites excluding steroid dienone is 1. The first-order chi connectivity index (χ1) is 10.7. The lowest BCUT2D eigenvalue weighted by Crippen LogP contribution is -1.86. The highest BCUT2D eigenvalue weighted by Gasteiger charge is 1.98. The Morgan fingerprint density at radius 2 is 1.86 bits per heavy atom. The molecule has 0 N–H and O–H groups in total. The van der Waals surface area contributed by atoms with Crippen molar-refractivity contribution in [1.82, 2.24) is 4.98 Å². The van der Waals surface area contributed by atoms with E-state index in [0.29, 0.717) is 0 Å². The SMILES string of the molecule is COc1ccc(C/C=C/c2ccc3cc(F)ccc3n2)cc1. The van der Waals surface area contributed by atoms with Gasteiger partial charge in [0.05, 0.1) is 18.3 Å². The summed E-state index contributed by atoms with van der Waals surface area (Å²) in [4.78, 5) is 4.50. The maximum Gasteiger partial charge on any atom is 0.123 e. The zero-order valence-electron chi connectivity index (χ0n) is 12.3. The molecule has 1 aromatic heterocycles. The lowest BCUT2D eigenvalue weighted by molar-refractivity contribution is 0.414. The molecular weight excluding hydrogens is 277 g/mol. The van der Waals surface area contributed by atoms with Gasteiger partial charge >= 0.3 is 0 Å². The maximum absolute atomic E-state index is 13.1. The molecule has 0 aliphatic rings. The second-order valence-corrected chi connectivity index (χ2v) is 5.03. The van der Waals surface area contributed by atoms with Gasteiger partial charge in [0.1, 0.15) is 11.6 Å². The van der Waals surface area contributed by atoms with Gasteiger partial charge in [-0.15, -0.1) is 0 Å². The van der Waals surface area contributed by atoms with Crippen molar-refractivity contribution < 1.29 is 9.13 Å². The van der Waals surface area contributed by atoms with E-state index in [1.54, 1.807) is 13.2 Å². The van der Waals surface area contributed by atoms with Crippen LogP contribution in [0.25, 0.3) is 17.0 Å². The molecule has 0 amide bonds. The molecule has 3 rings (SSSR count). The summed E-state index contributed by atoms with van der Waals surface area (Å²) in [6.07, 6.45) is 4.87. The lowest BCUT2D eigenvalue weighted by atomic mass is 10.1. The minimum absolute atomic E-state index is 0.239. The van der Waals surface area contributed by atoms with Crippen LogP contribution in [0, 0.1) is 5.82 Å². The van der Waals surface area contributed by atoms with Gasteiger partial charge in [0.15, 0.2) is 0 Å². The third-order valence-corrected chi connectivity index (χ3v) is 3.47. The molecule has 0 aliphatic heterocycles. The van der Waals surface area contributed by atoms with Crippen molar-refractivity contribution in [3.63, 3.8) is 0 Å². The van der Waals surface area contributed by atoms with Crippen LogP contribution in [0.1, 0.15) is 11.3 Å². The van der Waals surface area contributed by atoms with E-state index in [-0.39, 0.29) is 5.82 Å². The zero-order valence-corrected chi connectivity index (χ0v) is 12.3. The third kappa shape index (κ3) is 3.31. The highest BCUT2D eigenvalue weighted by Crippen LogP contribution is 2.15. The van der Waals surface area contributed by atoms with E-state index >= 15 is 0 Å². The maximum atomic E-state index is 13.1. The van der Waals surface area contributed by atoms with E-state index in [4.69, 9.17) is 4.74 Å². The fourth-order valence-corrected chi connectivity index (χ4v) is 2.28. The first-order valence-electron chi connectivity index (χ1n) is 7.10. The molecule has 0 bridgehead atoms. The minimum Gasteiger partial charge on any atom is -0.497 e. The van der Waals surface area contributed by atoms with Gasteiger partial charge in [0, 0.05) is 5.39 Å². The van der Waals surface area contributed by atoms with Gasteiger partial charge < -0.3 is 4.74 Å². The third-order valence-electron chi connectivity index (χ3n) is 3.47. The average molecular weight is 293 g/mol. The number of ether oxygens (including phenoxy) is 1. The Bertz CT molecular complexity index is 809. The molecule has 2 aromatic carbocycles. The van der Waals surface area contributed by atoms with E-state index in [9.17, 15) is 4.39 Å². The summed E-state index contributed by atoms with van der Waals surface area (Å²) in [5.41, 5.74) is 2.88. The van der Waals surface area contributed by atoms with Gasteiger partial charge in [-0.3, -0.25) is 0 Å². The Kier molecular flexibility index (Phi) is 4.15. The Morgan fingerprint density at radius 3 is 2.64 bits per heavy atom. The van der Waals surface area contributed by atoms with Crippen LogP contribution in [-0.2, 0) is 6.42 Å². The number of hydrogen-bond acceptors (Lipinski definition) is 2. The number of methoxy groups -OCH3 is 1. The second kappa shape index (κ2) is 6.39. The monoisotopic (exact) mass is 293 g/mol. The zero-order chi connectivity index (χ0) is 15.4. The molecule has 0 unspecified atom stereocenters. The highest BCUT2D eigenvalue weighted by molar-refractivity contribution is 5.79. The van der Waals surface area contributed by atoms with Crippen LogP contribution in [0.3, 0.4) is 0 Å². The number of benzene rings is 2. The smallest absolute Gasteiger partial charge is 0.123 e. The van der Waals surface area contributed by atoms with E-state index in [1.165, 1.54) is 17.7 Å². The van der Waals surface area contributed by atoms with Gasteiger partial charge in [0.25, 0.3) is 0 Å². The van der Waals surface area contributed by atoms with Crippen LogP contribution in [0.2, 0.25) is 0 Å². The topological polar surface area (TPSA) is 22.1 Å². The molecule has 3 aromatic rings. The summed E-state index contributed by atoms with van der Waals surface area (Å²) in [5, 5.41) is 0.812. The standard InChI is InChI=1S/C19H16FNO/c1-22-18-10-5-14(6-11-18)3-2-4-17-9-7-15-13-16(20)8-12-19(15)21-17/h2,4-13H,3H2,1H3/b4-2+. The molecule has 3 heteroatoms. The van der Waals surface area contributed by atoms with Crippen LogP contribution < -0.4 is 4.74 Å². The minimum atomic E-state index is -0.239. The number of rotatable bonds is 4. The Hall–Kier alpha value is -2.68. The number of nitrogens with zero attached hydrogens (tertiary/aromatic N) is 1. The number of hydrogen-bond donors (Lipinski definition) is 0. The molecule has 1 heterocycles. The predicted molar refractivity (Wildman–Crippen MR) is 87.4 cm³/mol. The van der Waals surface area contributed by atoms with E-state index < -0.39 is 0 Å². The van der Waals surface area contributed by atoms with Crippen LogP contribution in [0.4, 0.5) is 4.39 Å². The van der Waals surface area contributed by atoms with Crippen molar-refractivity contribution in [3.05, 3.63) is 77.7 Å². The summed E-state index contributed by atoms with van der Waals surface area (Å²) in [5.74, 6) is 0.619. The van der Waals surface area contributed by atoms with Crippen molar-refractivity contribution in [2.75, 3.05) is 7.11 Å². The summed E-state index contributed by atoms with van der Waals surface area (Å²) in [6.45, 7) is 0. The number of halogens is 1. The largest absolute Gasteiger partial charge is 0.497 e. The molecule has 2 nitrogen and oxygen atoms in total.